The molecule has 40 atom stereocenters. The molecule has 54 heteroatoms. The van der Waals surface area contributed by atoms with E-state index in [1.54, 1.807) is 83.1 Å². The Morgan fingerprint density at radius 3 is 0.761 bits per heavy atom. The Balaban J connectivity index is 0.000000507. The lowest BCUT2D eigenvalue weighted by Crippen LogP contribution is -2.69. The van der Waals surface area contributed by atoms with E-state index in [4.69, 9.17) is 78.9 Å². The van der Waals surface area contributed by atoms with E-state index in [1.165, 1.54) is 27.7 Å². The number of aliphatic hydroxyl groups excluding tert-OH is 22. The fraction of sp³-hybridized carbons (Fsp3) is 0.932. The number of ether oxygens (including phenoxy) is 12. The number of carboxylic acids is 6. The Labute approximate surface area is 823 Å². The topological polar surface area (TPSA) is 865 Å². The fourth-order valence-corrected chi connectivity index (χ4v) is 20.1. The van der Waals surface area contributed by atoms with Crippen molar-refractivity contribution >= 4 is 35.8 Å². The van der Waals surface area contributed by atoms with Crippen LogP contribution < -0.4 is 21.9 Å². The molecule has 0 aliphatic carbocycles. The van der Waals surface area contributed by atoms with E-state index in [9.17, 15) is 172 Å². The van der Waals surface area contributed by atoms with Crippen molar-refractivity contribution in [1.82, 2.24) is 21.9 Å². The summed E-state index contributed by atoms with van der Waals surface area (Å²) in [6.07, 6.45) is -55.6. The number of hydroxylamine groups is 4. The molecule has 6 fully saturated rings. The van der Waals surface area contributed by atoms with E-state index in [2.05, 4.69) is 21.9 Å². The van der Waals surface area contributed by atoms with E-state index in [0.717, 1.165) is 0 Å². The number of hydrogen-bond acceptors (Lipinski definition) is 48. The molecule has 0 aromatic rings. The Bertz CT molecular complexity index is 3880. The number of carbonyl (C=O) groups is 6. The number of nitrogens with one attached hydrogen (secondary N) is 4. The molecule has 32 N–H and O–H groups in total. The molecule has 6 rings (SSSR count). The Kier molecular flexibility index (Phi) is 47.8. The van der Waals surface area contributed by atoms with Gasteiger partial charge in [0.05, 0.1) is 177 Å². The predicted molar refractivity (Wildman–Crippen MR) is 476 cm³/mol. The first-order valence-electron chi connectivity index (χ1n) is 48.6. The highest BCUT2D eigenvalue weighted by Gasteiger charge is 2.67. The van der Waals surface area contributed by atoms with Crippen LogP contribution >= 0.6 is 0 Å². The van der Waals surface area contributed by atoms with Crippen LogP contribution in [0, 0.1) is 58.2 Å². The molecule has 0 bridgehead atoms. The van der Waals surface area contributed by atoms with Gasteiger partial charge in [-0.2, -0.15) is 21.9 Å². The van der Waals surface area contributed by atoms with Gasteiger partial charge in [-0.3, -0.25) is 0 Å². The summed E-state index contributed by atoms with van der Waals surface area (Å²) in [6, 6.07) is -5.94. The summed E-state index contributed by atoms with van der Waals surface area (Å²) in [5, 5.41) is 304. The highest BCUT2D eigenvalue weighted by Crippen LogP contribution is 2.53. The molecule has 0 aromatic heterocycles. The molecule has 54 nitrogen and oxygen atoms in total. The first-order chi connectivity index (χ1) is 67.1. The normalized spacial score (nSPS) is 35.8. The molecule has 40 unspecified atom stereocenters. The summed E-state index contributed by atoms with van der Waals surface area (Å²) < 4.78 is 88.9. The zero-order valence-electron chi connectivity index (χ0n) is 84.6. The summed E-state index contributed by atoms with van der Waals surface area (Å²) in [4.78, 5) is 102. The van der Waals surface area contributed by atoms with Gasteiger partial charge in [0.25, 0.3) is 34.7 Å². The summed E-state index contributed by atoms with van der Waals surface area (Å²) in [5.41, 5.74) is 5.89. The highest BCUT2D eigenvalue weighted by atomic mass is 16.8. The van der Waals surface area contributed by atoms with E-state index in [1.807, 2.05) is 0 Å². The van der Waals surface area contributed by atoms with Crippen LogP contribution in [0.3, 0.4) is 0 Å². The Morgan fingerprint density at radius 1 is 0.338 bits per heavy atom. The molecule has 6 saturated heterocycles. The monoisotopic (exact) mass is 2080 g/mol. The van der Waals surface area contributed by atoms with Gasteiger partial charge in [-0.15, -0.1) is 0 Å². The molecule has 142 heavy (non-hydrogen) atoms. The van der Waals surface area contributed by atoms with Crippen LogP contribution in [0.2, 0.25) is 0 Å². The van der Waals surface area contributed by atoms with Crippen LogP contribution in [0.15, 0.2) is 0 Å². The van der Waals surface area contributed by atoms with Crippen LogP contribution in [0.1, 0.15) is 166 Å². The van der Waals surface area contributed by atoms with Crippen LogP contribution in [0.5, 0.6) is 0 Å². The maximum absolute atomic E-state index is 13.8. The van der Waals surface area contributed by atoms with Crippen LogP contribution in [-0.4, -0.2) is 476 Å². The van der Waals surface area contributed by atoms with Gasteiger partial charge in [0.2, 0.25) is 0 Å². The van der Waals surface area contributed by atoms with Crippen molar-refractivity contribution in [1.29, 1.82) is 0 Å². The van der Waals surface area contributed by atoms with Crippen LogP contribution in [0.25, 0.3) is 0 Å². The third-order valence-corrected chi connectivity index (χ3v) is 27.4. The first kappa shape index (κ1) is 124. The Morgan fingerprint density at radius 2 is 0.542 bits per heavy atom. The van der Waals surface area contributed by atoms with Gasteiger partial charge in [-0.05, 0) is 77.0 Å². The average molecular weight is 2080 g/mol. The van der Waals surface area contributed by atoms with E-state index in [-0.39, 0.29) is 26.4 Å². The number of hydrogen-bond donors (Lipinski definition) is 32. The second kappa shape index (κ2) is 54.7. The number of rotatable bonds is 58. The van der Waals surface area contributed by atoms with Crippen molar-refractivity contribution in [3.63, 3.8) is 0 Å². The van der Waals surface area contributed by atoms with Crippen molar-refractivity contribution in [2.75, 3.05) is 79.3 Å². The molecule has 0 radical (unpaired) electrons. The van der Waals surface area contributed by atoms with E-state index in [0.29, 0.717) is 0 Å². The lowest BCUT2D eigenvalue weighted by molar-refractivity contribution is -0.365. The largest absolute Gasteiger partial charge is 0.477 e. The van der Waals surface area contributed by atoms with Gasteiger partial charge >= 0.3 is 35.8 Å². The molecule has 0 amide bonds. The molecule has 6 aliphatic heterocycles. The van der Waals surface area contributed by atoms with Gasteiger partial charge in [-0.25, -0.2) is 28.8 Å². The third kappa shape index (κ3) is 29.5. The average Bonchev–Trinajstić information content (AvgIpc) is 0.741. The standard InChI is InChI=1S/2C44H80N2O25/c1-10-66-45-30-24(51)13-42(38(58)59,70-36(30)33(56)26(53)15-47)64-17-28(68-44(40(62)63)12-23(50)21(7)35(69-44)32(55)22(8)49)41(9,29(19(3)4)20(5)6)18-65-43(39(60)61)14-25(52)31(46-67-11-2)37(71-43)34(57)27(54)16-48;1-10-66-45-30-24(51)13-43(39(60)61,70-36(30)33(56)26(53)15-47)65-18-41(9,29(19(3)4)20(5)6)28(17-64-42(38(58)59)12-23(50)21(7)35(69-42)32(55)22(8)49)68-44(40(62)63)14-25(52)31(46-67-11-2)37(71-44)34(57)27(54)16-48/h2*19-37,45-57H,10-18H2,1-9H3,(H,58,59)(H,60,61)(H,62,63)/i2*8D. The molecule has 0 aromatic carbocycles. The van der Waals surface area contributed by atoms with Gasteiger partial charge in [0.1, 0.15) is 85.5 Å². The highest BCUT2D eigenvalue weighted by molar-refractivity contribution is 5.78. The molecular formula is C88H160N4O50. The van der Waals surface area contributed by atoms with Crippen molar-refractivity contribution in [2.45, 2.75) is 381 Å². The second-order valence-corrected chi connectivity index (χ2v) is 39.0. The fourth-order valence-electron chi connectivity index (χ4n) is 20.1. The van der Waals surface area contributed by atoms with E-state index < -0.39 is 417 Å². The maximum Gasteiger partial charge on any atom is 0.364 e. The summed E-state index contributed by atoms with van der Waals surface area (Å²) >= 11 is 0. The van der Waals surface area contributed by atoms with Crippen LogP contribution in [0.4, 0.5) is 0 Å². The predicted octanol–water partition coefficient (Wildman–Crippen LogP) is -8.49. The van der Waals surface area contributed by atoms with Crippen molar-refractivity contribution in [3.05, 3.63) is 0 Å². The lowest BCUT2D eigenvalue weighted by atomic mass is 9.63. The zero-order valence-corrected chi connectivity index (χ0v) is 82.6. The van der Waals surface area contributed by atoms with Crippen molar-refractivity contribution in [2.24, 2.45) is 58.2 Å². The van der Waals surface area contributed by atoms with Gasteiger partial charge in [0.15, 0.2) is 0 Å². The second-order valence-electron chi connectivity index (χ2n) is 39.0. The minimum atomic E-state index is -3.15. The summed E-state index contributed by atoms with van der Waals surface area (Å²) in [5.74, 6) is -35.8. The van der Waals surface area contributed by atoms with Gasteiger partial charge in [-0.1, -0.05) is 83.1 Å². The molecule has 0 saturated carbocycles. The summed E-state index contributed by atoms with van der Waals surface area (Å²) in [6.45, 7) is 15.4. The minimum absolute atomic E-state index is 0.00542. The first-order valence-corrected chi connectivity index (χ1v) is 47.2. The van der Waals surface area contributed by atoms with Gasteiger partial charge in [0, 0.05) is 63.9 Å². The molecule has 6 heterocycles. The number of carboxylic acid groups (broad SMARTS) is 6. The lowest BCUT2D eigenvalue weighted by Gasteiger charge is -2.53. The molecule has 6 aliphatic rings. The summed E-state index contributed by atoms with van der Waals surface area (Å²) in [7, 11) is 0. The quantitative estimate of drug-likeness (QED) is 0.0252. The van der Waals surface area contributed by atoms with E-state index >= 15 is 0 Å². The van der Waals surface area contributed by atoms with Crippen LogP contribution in [-0.2, 0) is 105 Å². The molecular weight excluding hydrogens is 1910 g/mol. The minimum Gasteiger partial charge on any atom is -0.477 e. The third-order valence-electron chi connectivity index (χ3n) is 27.4. The van der Waals surface area contributed by atoms with Crippen molar-refractivity contribution in [3.8, 4) is 0 Å². The zero-order chi connectivity index (χ0) is 110. The smallest absolute Gasteiger partial charge is 0.364 e. The Hall–Kier alpha value is -4.86. The number of aliphatic hydroxyl groups is 22. The van der Waals surface area contributed by atoms with Crippen molar-refractivity contribution < 1.29 is 251 Å². The van der Waals surface area contributed by atoms with Gasteiger partial charge < -0.3 is 219 Å². The maximum atomic E-state index is 13.8. The number of aliphatic carboxylic acids is 6. The molecule has 0 spiro atoms. The SMILES string of the molecule is [2H]CC(O)C(O)C1OC(OC(COC2(C(=O)O)CC(O)C(NOCC)C(C(O)C(O)CO)O2)C(C)(COC2(C(=O)O)CC(O)C(NOCC)C(C(O)C(O)CO)O2)C(C(C)C)C(C)C)(C(=O)O)CC(O)C1C.[2H]CC(O)C(O)C1OC(OCC(OC2(C(=O)O)CC(O)C(NOCC)C(C(O)C(O)CO)O2)C(C)(COC2(C(=O)O)CC(O)C(NOCC)C(C(O)C(O)CO)O2)C(C(C)C)C(C)C)(C(=O)O)CC(O)C1C. The molecule has 832 valence electrons.